The van der Waals surface area contributed by atoms with E-state index in [1.807, 2.05) is 0 Å². The van der Waals surface area contributed by atoms with E-state index in [1.54, 1.807) is 26.0 Å². The Bertz CT molecular complexity index is 693. The van der Waals surface area contributed by atoms with Gasteiger partial charge in [0.2, 0.25) is 0 Å². The molecule has 0 spiro atoms. The summed E-state index contributed by atoms with van der Waals surface area (Å²) < 4.78 is 14.1. The summed E-state index contributed by atoms with van der Waals surface area (Å²) in [6.45, 7) is 5.81. The molecule has 2 heteroatoms. The molecular weight excluding hydrogens is 383 g/mol. The van der Waals surface area contributed by atoms with Gasteiger partial charge in [0.15, 0.2) is 5.78 Å². The molecule has 0 heterocycles. The van der Waals surface area contributed by atoms with Crippen LogP contribution in [0.2, 0.25) is 0 Å². The van der Waals surface area contributed by atoms with Gasteiger partial charge >= 0.3 is 0 Å². The zero-order valence-electron chi connectivity index (χ0n) is 20.4. The van der Waals surface area contributed by atoms with Crippen LogP contribution in [0.15, 0.2) is 12.1 Å². The number of carbonyl (C=O) groups excluding carboxylic acids is 1. The highest BCUT2D eigenvalue weighted by molar-refractivity contribution is 5.97. The van der Waals surface area contributed by atoms with Gasteiger partial charge < -0.3 is 0 Å². The number of benzene rings is 1. The van der Waals surface area contributed by atoms with Crippen molar-refractivity contribution in [2.24, 2.45) is 23.7 Å². The Morgan fingerprint density at radius 3 is 1.81 bits per heavy atom. The second-order valence-electron chi connectivity index (χ2n) is 10.8. The van der Waals surface area contributed by atoms with Gasteiger partial charge in [-0.3, -0.25) is 4.79 Å². The zero-order valence-corrected chi connectivity index (χ0v) is 20.4. The first-order valence-corrected chi connectivity index (χ1v) is 13.3. The Morgan fingerprint density at radius 2 is 1.29 bits per heavy atom. The molecule has 0 unspecified atom stereocenters. The zero-order chi connectivity index (χ0) is 22.2. The number of rotatable bonds is 10. The number of Topliss-reactive ketones (excluding diaryl/α,β-unsaturated/α-hetero) is 1. The number of hydrogen-bond donors (Lipinski definition) is 0. The van der Waals surface area contributed by atoms with Crippen molar-refractivity contribution in [1.82, 2.24) is 0 Å². The third-order valence-corrected chi connectivity index (χ3v) is 8.51. The smallest absolute Gasteiger partial charge is 0.163 e. The molecule has 174 valence electrons. The minimum absolute atomic E-state index is 0.110. The topological polar surface area (TPSA) is 17.1 Å². The Balaban J connectivity index is 1.29. The van der Waals surface area contributed by atoms with Crippen molar-refractivity contribution in [3.05, 3.63) is 34.6 Å². The lowest BCUT2D eigenvalue weighted by atomic mass is 9.74. The molecule has 0 aliphatic heterocycles. The van der Waals surface area contributed by atoms with Crippen LogP contribution in [0.1, 0.15) is 125 Å². The standard InChI is InChI=1S/C29H45FO/c1-4-6-23-10-14-25(15-11-23)18-19-26-16-12-24(13-17-26)7-5-8-28(31)27-20-9-21(2)29(30)22(27)3/h9,20,23-26H,4-8,10-19H2,1-3H3. The Morgan fingerprint density at radius 1 is 0.806 bits per heavy atom. The van der Waals surface area contributed by atoms with E-state index in [4.69, 9.17) is 0 Å². The number of carbonyl (C=O) groups is 1. The highest BCUT2D eigenvalue weighted by Gasteiger charge is 2.24. The third-order valence-electron chi connectivity index (χ3n) is 8.51. The largest absolute Gasteiger partial charge is 0.294 e. The predicted molar refractivity (Wildman–Crippen MR) is 129 cm³/mol. The van der Waals surface area contributed by atoms with Gasteiger partial charge in [0, 0.05) is 12.0 Å². The quantitative estimate of drug-likeness (QED) is 0.340. The summed E-state index contributed by atoms with van der Waals surface area (Å²) in [5.41, 5.74) is 1.72. The van der Waals surface area contributed by atoms with E-state index in [-0.39, 0.29) is 11.6 Å². The minimum atomic E-state index is -0.224. The van der Waals surface area contributed by atoms with Gasteiger partial charge in [0.05, 0.1) is 0 Å². The maximum absolute atomic E-state index is 14.1. The van der Waals surface area contributed by atoms with Crippen molar-refractivity contribution in [2.45, 2.75) is 117 Å². The normalized spacial score (nSPS) is 26.7. The van der Waals surface area contributed by atoms with E-state index in [0.29, 0.717) is 23.1 Å². The van der Waals surface area contributed by atoms with Crippen LogP contribution in [0.4, 0.5) is 4.39 Å². The van der Waals surface area contributed by atoms with Crippen LogP contribution in [-0.4, -0.2) is 5.78 Å². The first kappa shape index (κ1) is 24.5. The summed E-state index contributed by atoms with van der Waals surface area (Å²) in [6, 6.07) is 3.53. The fourth-order valence-corrected chi connectivity index (χ4v) is 6.31. The van der Waals surface area contributed by atoms with Crippen LogP contribution < -0.4 is 0 Å². The minimum Gasteiger partial charge on any atom is -0.294 e. The molecular formula is C29H45FO. The van der Waals surface area contributed by atoms with Gasteiger partial charge in [0.25, 0.3) is 0 Å². The molecule has 31 heavy (non-hydrogen) atoms. The fourth-order valence-electron chi connectivity index (χ4n) is 6.31. The molecule has 0 radical (unpaired) electrons. The van der Waals surface area contributed by atoms with Crippen LogP contribution in [0.25, 0.3) is 0 Å². The van der Waals surface area contributed by atoms with Crippen molar-refractivity contribution in [3.8, 4) is 0 Å². The Labute approximate surface area is 190 Å². The summed E-state index contributed by atoms with van der Waals surface area (Å²) >= 11 is 0. The molecule has 0 N–H and O–H groups in total. The van der Waals surface area contributed by atoms with Crippen molar-refractivity contribution < 1.29 is 9.18 Å². The van der Waals surface area contributed by atoms with Crippen molar-refractivity contribution in [1.29, 1.82) is 0 Å². The van der Waals surface area contributed by atoms with Gasteiger partial charge in [-0.2, -0.15) is 0 Å². The number of halogens is 1. The molecule has 0 amide bonds. The molecule has 0 saturated heterocycles. The summed E-state index contributed by atoms with van der Waals surface area (Å²) in [7, 11) is 0. The van der Waals surface area contributed by atoms with Crippen LogP contribution in [0, 0.1) is 43.3 Å². The highest BCUT2D eigenvalue weighted by Crippen LogP contribution is 2.38. The van der Waals surface area contributed by atoms with Crippen molar-refractivity contribution in [2.75, 3.05) is 0 Å². The molecule has 1 aromatic carbocycles. The lowest BCUT2D eigenvalue weighted by Gasteiger charge is -2.32. The average molecular weight is 429 g/mol. The predicted octanol–water partition coefficient (Wildman–Crippen LogP) is 8.99. The molecule has 0 bridgehead atoms. The highest BCUT2D eigenvalue weighted by atomic mass is 19.1. The van der Waals surface area contributed by atoms with Gasteiger partial charge in [-0.05, 0) is 55.1 Å². The number of aryl methyl sites for hydroxylation is 1. The van der Waals surface area contributed by atoms with Crippen LogP contribution in [0.3, 0.4) is 0 Å². The molecule has 2 aliphatic rings. The second kappa shape index (κ2) is 12.2. The third kappa shape index (κ3) is 7.16. The van der Waals surface area contributed by atoms with Gasteiger partial charge in [-0.15, -0.1) is 0 Å². The summed E-state index contributed by atoms with van der Waals surface area (Å²) in [6.07, 6.45) is 19.8. The van der Waals surface area contributed by atoms with E-state index in [2.05, 4.69) is 6.92 Å². The van der Waals surface area contributed by atoms with E-state index in [1.165, 1.54) is 77.0 Å². The van der Waals surface area contributed by atoms with E-state index in [9.17, 15) is 9.18 Å². The number of hydrogen-bond acceptors (Lipinski definition) is 1. The van der Waals surface area contributed by atoms with Crippen LogP contribution in [-0.2, 0) is 0 Å². The lowest BCUT2D eigenvalue weighted by Crippen LogP contribution is -2.18. The number of ketones is 1. The first-order valence-electron chi connectivity index (χ1n) is 13.3. The molecule has 1 nitrogen and oxygen atoms in total. The maximum atomic E-state index is 14.1. The molecule has 2 fully saturated rings. The second-order valence-corrected chi connectivity index (χ2v) is 10.8. The van der Waals surface area contributed by atoms with E-state index < -0.39 is 0 Å². The lowest BCUT2D eigenvalue weighted by molar-refractivity contribution is 0.0974. The molecule has 1 aromatic rings. The van der Waals surface area contributed by atoms with E-state index in [0.717, 1.165) is 36.5 Å². The maximum Gasteiger partial charge on any atom is 0.163 e. The average Bonchev–Trinajstić information content (AvgIpc) is 2.78. The van der Waals surface area contributed by atoms with Gasteiger partial charge in [-0.25, -0.2) is 4.39 Å². The first-order chi connectivity index (χ1) is 15.0. The van der Waals surface area contributed by atoms with Crippen molar-refractivity contribution in [3.63, 3.8) is 0 Å². The van der Waals surface area contributed by atoms with Crippen molar-refractivity contribution >= 4 is 5.78 Å². The molecule has 0 atom stereocenters. The summed E-state index contributed by atoms with van der Waals surface area (Å²) in [5, 5.41) is 0. The summed E-state index contributed by atoms with van der Waals surface area (Å²) in [5.74, 6) is 3.66. The molecule has 0 aromatic heterocycles. The SMILES string of the molecule is CCCC1CCC(CCC2CCC(CCCC(=O)c3ccc(C)c(F)c3C)CC2)CC1. The Kier molecular flexibility index (Phi) is 9.60. The van der Waals surface area contributed by atoms with Gasteiger partial charge in [0.1, 0.15) is 5.82 Å². The van der Waals surface area contributed by atoms with Crippen LogP contribution in [0.5, 0.6) is 0 Å². The van der Waals surface area contributed by atoms with Crippen LogP contribution >= 0.6 is 0 Å². The summed E-state index contributed by atoms with van der Waals surface area (Å²) in [4.78, 5) is 12.5. The Hall–Kier alpha value is -1.18. The molecule has 2 aliphatic carbocycles. The fraction of sp³-hybridized carbons (Fsp3) is 0.759. The molecule has 2 saturated carbocycles. The molecule has 3 rings (SSSR count). The van der Waals surface area contributed by atoms with Gasteiger partial charge in [-0.1, -0.05) is 103 Å². The van der Waals surface area contributed by atoms with E-state index >= 15 is 0 Å². The monoisotopic (exact) mass is 428 g/mol.